The molecule has 1 aliphatic heterocycles. The van der Waals surface area contributed by atoms with E-state index in [1.807, 2.05) is 18.2 Å². The molecule has 7 nitrogen and oxygen atoms in total. The van der Waals surface area contributed by atoms with Crippen LogP contribution < -0.4 is 9.47 Å². The Balaban J connectivity index is 1.98. The third kappa shape index (κ3) is 3.61. The predicted molar refractivity (Wildman–Crippen MR) is 93.3 cm³/mol. The molecule has 1 aliphatic rings. The first-order chi connectivity index (χ1) is 12.0. The summed E-state index contributed by atoms with van der Waals surface area (Å²) in [4.78, 5) is 13.5. The van der Waals surface area contributed by atoms with Gasteiger partial charge in [0.05, 0.1) is 12.8 Å². The fourth-order valence-electron chi connectivity index (χ4n) is 3.09. The van der Waals surface area contributed by atoms with Crippen molar-refractivity contribution in [1.29, 1.82) is 0 Å². The van der Waals surface area contributed by atoms with E-state index in [9.17, 15) is 9.90 Å². The molecule has 0 bridgehead atoms. The number of para-hydroxylation sites is 1. The van der Waals surface area contributed by atoms with Crippen molar-refractivity contribution in [2.45, 2.75) is 18.9 Å². The Labute approximate surface area is 146 Å². The van der Waals surface area contributed by atoms with Crippen LogP contribution in [0.25, 0.3) is 11.3 Å². The number of ether oxygens (including phenoxy) is 2. The average molecular weight is 345 g/mol. The van der Waals surface area contributed by atoms with Gasteiger partial charge in [-0.2, -0.15) is 5.10 Å². The molecule has 0 radical (unpaired) electrons. The van der Waals surface area contributed by atoms with E-state index in [0.717, 1.165) is 31.5 Å². The van der Waals surface area contributed by atoms with E-state index >= 15 is 0 Å². The maximum atomic E-state index is 11.2. The number of carboxylic acids is 1. The van der Waals surface area contributed by atoms with Gasteiger partial charge in [-0.3, -0.25) is 4.68 Å². The van der Waals surface area contributed by atoms with Crippen molar-refractivity contribution in [3.05, 3.63) is 30.0 Å². The number of methoxy groups -OCH3 is 1. The van der Waals surface area contributed by atoms with E-state index in [0.29, 0.717) is 17.2 Å². The summed E-state index contributed by atoms with van der Waals surface area (Å²) in [5.74, 6) is 0.219. The van der Waals surface area contributed by atoms with Crippen LogP contribution in [0.3, 0.4) is 0 Å². The standard InChI is InChI=1S/C18H23N3O4/c1-20-9-7-12(8-10-20)25-17-13(5-4-6-16(17)24-3)15-11-14(18(22)23)19-21(15)2/h4-6,11-12H,7-10H2,1-3H3,(H,22,23). The predicted octanol–water partition coefficient (Wildman–Crippen LogP) is 2.27. The third-order valence-corrected chi connectivity index (χ3v) is 4.52. The highest BCUT2D eigenvalue weighted by atomic mass is 16.5. The van der Waals surface area contributed by atoms with Crippen LogP contribution >= 0.6 is 0 Å². The molecule has 0 saturated carbocycles. The molecule has 1 fully saturated rings. The van der Waals surface area contributed by atoms with Crippen molar-refractivity contribution in [3.8, 4) is 22.8 Å². The maximum absolute atomic E-state index is 11.2. The van der Waals surface area contributed by atoms with Crippen molar-refractivity contribution >= 4 is 5.97 Å². The lowest BCUT2D eigenvalue weighted by molar-refractivity contribution is 0.0689. The summed E-state index contributed by atoms with van der Waals surface area (Å²) in [6.07, 6.45) is 2.00. The Kier molecular flexibility index (Phi) is 4.94. The molecule has 0 amide bonds. The van der Waals surface area contributed by atoms with E-state index in [1.165, 1.54) is 0 Å². The number of aromatic carboxylic acids is 1. The van der Waals surface area contributed by atoms with Crippen LogP contribution in [0.5, 0.6) is 11.5 Å². The van der Waals surface area contributed by atoms with Crippen LogP contribution in [0.1, 0.15) is 23.3 Å². The topological polar surface area (TPSA) is 76.8 Å². The summed E-state index contributed by atoms with van der Waals surface area (Å²) in [7, 11) is 5.43. The van der Waals surface area contributed by atoms with Gasteiger partial charge < -0.3 is 19.5 Å². The summed E-state index contributed by atoms with van der Waals surface area (Å²) >= 11 is 0. The Morgan fingerprint density at radius 3 is 2.60 bits per heavy atom. The summed E-state index contributed by atoms with van der Waals surface area (Å²) in [5.41, 5.74) is 1.46. The fraction of sp³-hybridized carbons (Fsp3) is 0.444. The molecular weight excluding hydrogens is 322 g/mol. The molecule has 134 valence electrons. The smallest absolute Gasteiger partial charge is 0.356 e. The average Bonchev–Trinajstić information content (AvgIpc) is 2.99. The van der Waals surface area contributed by atoms with Crippen LogP contribution in [0.4, 0.5) is 0 Å². The normalized spacial score (nSPS) is 16.0. The van der Waals surface area contributed by atoms with Crippen LogP contribution in [0, 0.1) is 0 Å². The zero-order chi connectivity index (χ0) is 18.0. The molecule has 0 atom stereocenters. The van der Waals surface area contributed by atoms with Crippen molar-refractivity contribution in [2.75, 3.05) is 27.2 Å². The van der Waals surface area contributed by atoms with Crippen LogP contribution in [0.2, 0.25) is 0 Å². The molecule has 3 rings (SSSR count). The van der Waals surface area contributed by atoms with Crippen molar-refractivity contribution in [3.63, 3.8) is 0 Å². The number of carbonyl (C=O) groups is 1. The van der Waals surface area contributed by atoms with Gasteiger partial charge in [0.2, 0.25) is 0 Å². The Morgan fingerprint density at radius 1 is 1.28 bits per heavy atom. The highest BCUT2D eigenvalue weighted by Gasteiger charge is 2.23. The Morgan fingerprint density at radius 2 is 2.00 bits per heavy atom. The number of likely N-dealkylation sites (tertiary alicyclic amines) is 1. The second-order valence-electron chi connectivity index (χ2n) is 6.30. The van der Waals surface area contributed by atoms with Crippen molar-refractivity contribution in [2.24, 2.45) is 7.05 Å². The number of nitrogens with zero attached hydrogens (tertiary/aromatic N) is 3. The molecule has 0 spiro atoms. The Hall–Kier alpha value is -2.54. The molecule has 1 aromatic heterocycles. The lowest BCUT2D eigenvalue weighted by Gasteiger charge is -2.30. The number of aryl methyl sites for hydroxylation is 1. The number of piperidine rings is 1. The molecule has 0 unspecified atom stereocenters. The van der Waals surface area contributed by atoms with Crippen LogP contribution in [0.15, 0.2) is 24.3 Å². The molecule has 1 aromatic carbocycles. The Bertz CT molecular complexity index is 764. The van der Waals surface area contributed by atoms with Crippen molar-refractivity contribution in [1.82, 2.24) is 14.7 Å². The number of carboxylic acid groups (broad SMARTS) is 1. The first-order valence-corrected chi connectivity index (χ1v) is 8.29. The van der Waals surface area contributed by atoms with E-state index in [2.05, 4.69) is 17.0 Å². The van der Waals surface area contributed by atoms with Gasteiger partial charge in [0.15, 0.2) is 17.2 Å². The van der Waals surface area contributed by atoms with Gasteiger partial charge in [0.1, 0.15) is 6.10 Å². The number of benzene rings is 1. The zero-order valence-electron chi connectivity index (χ0n) is 14.7. The monoisotopic (exact) mass is 345 g/mol. The summed E-state index contributed by atoms with van der Waals surface area (Å²) < 4.78 is 13.3. The number of hydrogen-bond donors (Lipinski definition) is 1. The van der Waals surface area contributed by atoms with E-state index in [-0.39, 0.29) is 11.8 Å². The lowest BCUT2D eigenvalue weighted by atomic mass is 10.1. The van der Waals surface area contributed by atoms with Crippen LogP contribution in [-0.4, -0.2) is 59.1 Å². The first kappa shape index (κ1) is 17.3. The summed E-state index contributed by atoms with van der Waals surface area (Å²) in [5, 5.41) is 13.2. The minimum absolute atomic E-state index is 0.00515. The lowest BCUT2D eigenvalue weighted by Crippen LogP contribution is -2.35. The van der Waals surface area contributed by atoms with Crippen molar-refractivity contribution < 1.29 is 19.4 Å². The van der Waals surface area contributed by atoms with E-state index in [1.54, 1.807) is 24.9 Å². The molecule has 2 heterocycles. The third-order valence-electron chi connectivity index (χ3n) is 4.52. The molecule has 1 saturated heterocycles. The fourth-order valence-corrected chi connectivity index (χ4v) is 3.09. The van der Waals surface area contributed by atoms with Gasteiger partial charge in [0, 0.05) is 25.7 Å². The van der Waals surface area contributed by atoms with Gasteiger partial charge in [-0.05, 0) is 38.1 Å². The van der Waals surface area contributed by atoms with Gasteiger partial charge in [-0.25, -0.2) is 4.79 Å². The van der Waals surface area contributed by atoms with Crippen LogP contribution in [-0.2, 0) is 7.05 Å². The highest BCUT2D eigenvalue weighted by molar-refractivity contribution is 5.87. The second-order valence-corrected chi connectivity index (χ2v) is 6.30. The molecule has 7 heteroatoms. The van der Waals surface area contributed by atoms with Gasteiger partial charge in [0.25, 0.3) is 0 Å². The molecule has 25 heavy (non-hydrogen) atoms. The van der Waals surface area contributed by atoms with E-state index in [4.69, 9.17) is 9.47 Å². The summed E-state index contributed by atoms with van der Waals surface area (Å²) in [6.45, 7) is 1.98. The highest BCUT2D eigenvalue weighted by Crippen LogP contribution is 2.39. The molecule has 0 aliphatic carbocycles. The molecular formula is C18H23N3O4. The minimum Gasteiger partial charge on any atom is -0.493 e. The molecule has 1 N–H and O–H groups in total. The number of rotatable bonds is 5. The maximum Gasteiger partial charge on any atom is 0.356 e. The SMILES string of the molecule is COc1cccc(-c2cc(C(=O)O)nn2C)c1OC1CCN(C)CC1. The number of aromatic nitrogens is 2. The largest absolute Gasteiger partial charge is 0.493 e. The first-order valence-electron chi connectivity index (χ1n) is 8.29. The van der Waals surface area contributed by atoms with Gasteiger partial charge >= 0.3 is 5.97 Å². The van der Waals surface area contributed by atoms with Gasteiger partial charge in [-0.15, -0.1) is 0 Å². The quantitative estimate of drug-likeness (QED) is 0.896. The minimum atomic E-state index is -1.05. The van der Waals surface area contributed by atoms with Gasteiger partial charge in [-0.1, -0.05) is 6.07 Å². The second kappa shape index (κ2) is 7.14. The number of hydrogen-bond acceptors (Lipinski definition) is 5. The summed E-state index contributed by atoms with van der Waals surface area (Å²) in [6, 6.07) is 7.17. The molecule has 2 aromatic rings. The van der Waals surface area contributed by atoms with E-state index < -0.39 is 5.97 Å². The zero-order valence-corrected chi connectivity index (χ0v) is 14.7.